The van der Waals surface area contributed by atoms with Crippen molar-refractivity contribution in [2.75, 3.05) is 0 Å². The normalized spacial score (nSPS) is 28.3. The van der Waals surface area contributed by atoms with Crippen LogP contribution in [0.2, 0.25) is 0 Å². The predicted molar refractivity (Wildman–Crippen MR) is 77.5 cm³/mol. The maximum absolute atomic E-state index is 12.4. The summed E-state index contributed by atoms with van der Waals surface area (Å²) in [5.41, 5.74) is 1.07. The third-order valence-electron chi connectivity index (χ3n) is 4.34. The first kappa shape index (κ1) is 14.5. The van der Waals surface area contributed by atoms with Crippen LogP contribution in [0.5, 0.6) is 0 Å². The van der Waals surface area contributed by atoms with Crippen LogP contribution in [0.3, 0.4) is 0 Å². The van der Waals surface area contributed by atoms with Gasteiger partial charge in [-0.3, -0.25) is 0 Å². The van der Waals surface area contributed by atoms with Crippen LogP contribution in [0.25, 0.3) is 0 Å². The van der Waals surface area contributed by atoms with E-state index in [1.54, 1.807) is 12.1 Å². The van der Waals surface area contributed by atoms with Crippen molar-refractivity contribution in [2.45, 2.75) is 51.0 Å². The monoisotopic (exact) mass is 281 g/mol. The van der Waals surface area contributed by atoms with Gasteiger partial charge in [0.25, 0.3) is 0 Å². The third-order valence-corrected chi connectivity index (χ3v) is 5.85. The van der Waals surface area contributed by atoms with Crippen LogP contribution in [-0.4, -0.2) is 14.5 Å². The lowest BCUT2D eigenvalue weighted by Gasteiger charge is -2.34. The van der Waals surface area contributed by atoms with Crippen LogP contribution < -0.4 is 4.72 Å². The van der Waals surface area contributed by atoms with Crippen molar-refractivity contribution in [1.29, 1.82) is 0 Å². The van der Waals surface area contributed by atoms with Gasteiger partial charge in [-0.15, -0.1) is 0 Å². The van der Waals surface area contributed by atoms with E-state index in [4.69, 9.17) is 0 Å². The molecule has 0 aliphatic heterocycles. The number of hydrogen-bond donors (Lipinski definition) is 1. The molecular formula is C15H23NO2S. The average molecular weight is 281 g/mol. The third kappa shape index (κ3) is 3.37. The molecule has 2 rings (SSSR count). The largest absolute Gasteiger partial charge is 0.240 e. The molecule has 1 fully saturated rings. The fourth-order valence-electron chi connectivity index (χ4n) is 2.73. The van der Waals surface area contributed by atoms with Crippen molar-refractivity contribution in [3.8, 4) is 0 Å². The molecule has 0 heterocycles. The molecule has 0 radical (unpaired) electrons. The van der Waals surface area contributed by atoms with Gasteiger partial charge in [0.15, 0.2) is 0 Å². The van der Waals surface area contributed by atoms with E-state index in [1.165, 1.54) is 6.42 Å². The summed E-state index contributed by atoms with van der Waals surface area (Å²) < 4.78 is 27.6. The Bertz CT molecular complexity index is 522. The first-order valence-corrected chi connectivity index (χ1v) is 8.47. The number of aryl methyl sites for hydroxylation is 1. The molecule has 0 saturated heterocycles. The molecule has 1 aromatic carbocycles. The van der Waals surface area contributed by atoms with Crippen LogP contribution in [0.1, 0.15) is 38.7 Å². The van der Waals surface area contributed by atoms with Gasteiger partial charge in [-0.05, 0) is 37.3 Å². The second kappa shape index (κ2) is 5.63. The van der Waals surface area contributed by atoms with Gasteiger partial charge in [0.05, 0.1) is 4.90 Å². The Labute approximate surface area is 116 Å². The smallest absolute Gasteiger partial charge is 0.208 e. The number of benzene rings is 1. The van der Waals surface area contributed by atoms with Gasteiger partial charge in [-0.2, -0.15) is 0 Å². The van der Waals surface area contributed by atoms with Crippen LogP contribution in [0.4, 0.5) is 0 Å². The van der Waals surface area contributed by atoms with Gasteiger partial charge in [0.2, 0.25) is 10.0 Å². The summed E-state index contributed by atoms with van der Waals surface area (Å²) >= 11 is 0. The van der Waals surface area contributed by atoms with Crippen LogP contribution >= 0.6 is 0 Å². The summed E-state index contributed by atoms with van der Waals surface area (Å²) in [6.07, 6.45) is 3.24. The number of rotatable bonds is 3. The van der Waals surface area contributed by atoms with E-state index in [2.05, 4.69) is 18.6 Å². The topological polar surface area (TPSA) is 46.2 Å². The molecule has 1 aliphatic carbocycles. The minimum Gasteiger partial charge on any atom is -0.208 e. The average Bonchev–Trinajstić information content (AvgIpc) is 2.35. The van der Waals surface area contributed by atoms with Crippen molar-refractivity contribution in [2.24, 2.45) is 11.8 Å². The van der Waals surface area contributed by atoms with Gasteiger partial charge in [0, 0.05) is 6.04 Å². The quantitative estimate of drug-likeness (QED) is 0.925. The van der Waals surface area contributed by atoms with E-state index in [1.807, 2.05) is 19.1 Å². The zero-order chi connectivity index (χ0) is 14.0. The minimum absolute atomic E-state index is 0.0649. The second-order valence-electron chi connectivity index (χ2n) is 5.81. The van der Waals surface area contributed by atoms with Crippen molar-refractivity contribution in [3.63, 3.8) is 0 Å². The molecule has 106 valence electrons. The Kier molecular flexibility index (Phi) is 4.31. The fourth-order valence-corrected chi connectivity index (χ4v) is 4.09. The first-order valence-electron chi connectivity index (χ1n) is 6.99. The molecule has 0 unspecified atom stereocenters. The Morgan fingerprint density at radius 3 is 2.37 bits per heavy atom. The van der Waals surface area contributed by atoms with Gasteiger partial charge in [-0.25, -0.2) is 13.1 Å². The number of hydrogen-bond acceptors (Lipinski definition) is 2. The molecule has 0 bridgehead atoms. The van der Waals surface area contributed by atoms with Gasteiger partial charge < -0.3 is 0 Å². The summed E-state index contributed by atoms with van der Waals surface area (Å²) in [5, 5.41) is 0. The van der Waals surface area contributed by atoms with Crippen molar-refractivity contribution >= 4 is 10.0 Å². The zero-order valence-electron chi connectivity index (χ0n) is 11.9. The van der Waals surface area contributed by atoms with Gasteiger partial charge in [-0.1, -0.05) is 44.4 Å². The Hall–Kier alpha value is -0.870. The summed E-state index contributed by atoms with van der Waals surface area (Å²) in [5.74, 6) is 0.980. The molecular weight excluding hydrogens is 258 g/mol. The maximum atomic E-state index is 12.4. The molecule has 1 N–H and O–H groups in total. The molecule has 0 amide bonds. The van der Waals surface area contributed by atoms with Crippen molar-refractivity contribution in [1.82, 2.24) is 4.72 Å². The molecule has 3 atom stereocenters. The SMILES string of the molecule is Cc1ccc(S(=O)(=O)N[C@@H]2CCC[C@H](C)[C@@H]2C)cc1. The lowest BCUT2D eigenvalue weighted by Crippen LogP contribution is -2.43. The van der Waals surface area contributed by atoms with E-state index in [9.17, 15) is 8.42 Å². The molecule has 1 saturated carbocycles. The molecule has 1 aliphatic rings. The number of nitrogens with one attached hydrogen (secondary N) is 1. The predicted octanol–water partition coefficient (Wildman–Crippen LogP) is 3.10. The Balaban J connectivity index is 2.15. The molecule has 4 heteroatoms. The molecule has 0 aromatic heterocycles. The summed E-state index contributed by atoms with van der Waals surface area (Å²) in [6, 6.07) is 7.08. The minimum atomic E-state index is -3.38. The lowest BCUT2D eigenvalue weighted by molar-refractivity contribution is 0.227. The van der Waals surface area contributed by atoms with E-state index >= 15 is 0 Å². The van der Waals surface area contributed by atoms with Crippen LogP contribution in [0, 0.1) is 18.8 Å². The van der Waals surface area contributed by atoms with Gasteiger partial charge >= 0.3 is 0 Å². The molecule has 3 nitrogen and oxygen atoms in total. The Morgan fingerprint density at radius 2 is 1.74 bits per heavy atom. The number of sulfonamides is 1. The van der Waals surface area contributed by atoms with Gasteiger partial charge in [0.1, 0.15) is 0 Å². The van der Waals surface area contributed by atoms with E-state index < -0.39 is 10.0 Å². The maximum Gasteiger partial charge on any atom is 0.240 e. The zero-order valence-corrected chi connectivity index (χ0v) is 12.7. The highest BCUT2D eigenvalue weighted by Crippen LogP contribution is 2.30. The molecule has 0 spiro atoms. The summed E-state index contributed by atoms with van der Waals surface area (Å²) in [4.78, 5) is 0.364. The fraction of sp³-hybridized carbons (Fsp3) is 0.600. The van der Waals surface area contributed by atoms with E-state index in [0.29, 0.717) is 16.7 Å². The molecule has 19 heavy (non-hydrogen) atoms. The van der Waals surface area contributed by atoms with Crippen molar-refractivity contribution < 1.29 is 8.42 Å². The van der Waals surface area contributed by atoms with E-state index in [0.717, 1.165) is 18.4 Å². The van der Waals surface area contributed by atoms with Crippen LogP contribution in [0.15, 0.2) is 29.2 Å². The standard InChI is InChI=1S/C15H23NO2S/c1-11-7-9-14(10-8-11)19(17,18)16-15-6-4-5-12(2)13(15)3/h7-10,12-13,15-16H,4-6H2,1-3H3/t12-,13-,15+/m0/s1. The highest BCUT2D eigenvalue weighted by Gasteiger charge is 2.30. The Morgan fingerprint density at radius 1 is 1.11 bits per heavy atom. The second-order valence-corrected chi connectivity index (χ2v) is 7.52. The lowest BCUT2D eigenvalue weighted by atomic mass is 9.78. The molecule has 1 aromatic rings. The summed E-state index contributed by atoms with van der Waals surface area (Å²) in [7, 11) is -3.38. The summed E-state index contributed by atoms with van der Waals surface area (Å²) in [6.45, 7) is 6.30. The first-order chi connectivity index (χ1) is 8.90. The van der Waals surface area contributed by atoms with Crippen LogP contribution in [-0.2, 0) is 10.0 Å². The van der Waals surface area contributed by atoms with E-state index in [-0.39, 0.29) is 6.04 Å². The van der Waals surface area contributed by atoms with Crippen molar-refractivity contribution in [3.05, 3.63) is 29.8 Å². The highest BCUT2D eigenvalue weighted by atomic mass is 32.2. The highest BCUT2D eigenvalue weighted by molar-refractivity contribution is 7.89.